The summed E-state index contributed by atoms with van der Waals surface area (Å²) < 4.78 is 0. The van der Waals surface area contributed by atoms with Crippen LogP contribution in [0.3, 0.4) is 0 Å². The predicted octanol–water partition coefficient (Wildman–Crippen LogP) is 3.44. The molecule has 0 aliphatic heterocycles. The minimum atomic E-state index is -0.490. The first kappa shape index (κ1) is 13.5. The van der Waals surface area contributed by atoms with E-state index in [4.69, 9.17) is 5.26 Å². The number of hydrogen-bond donors (Lipinski definition) is 0. The molecule has 2 aromatic carbocycles. The lowest BCUT2D eigenvalue weighted by Crippen LogP contribution is -2.06. The SMILES string of the molecule is N#Cc1ccc(C(C#N)CC(=O)c2ccccc2)cc1. The van der Waals surface area contributed by atoms with Gasteiger partial charge in [0.25, 0.3) is 0 Å². The smallest absolute Gasteiger partial charge is 0.164 e. The topological polar surface area (TPSA) is 64.7 Å². The third-order valence-corrected chi connectivity index (χ3v) is 3.08. The monoisotopic (exact) mass is 260 g/mol. The summed E-state index contributed by atoms with van der Waals surface area (Å²) in [4.78, 5) is 12.1. The van der Waals surface area contributed by atoms with Crippen molar-refractivity contribution >= 4 is 5.78 Å². The van der Waals surface area contributed by atoms with Crippen LogP contribution >= 0.6 is 0 Å². The molecule has 0 N–H and O–H groups in total. The molecule has 0 fully saturated rings. The summed E-state index contributed by atoms with van der Waals surface area (Å²) in [6.45, 7) is 0. The van der Waals surface area contributed by atoms with Crippen LogP contribution in [0.1, 0.15) is 33.8 Å². The van der Waals surface area contributed by atoms with Gasteiger partial charge in [0.1, 0.15) is 0 Å². The first-order valence-corrected chi connectivity index (χ1v) is 6.22. The van der Waals surface area contributed by atoms with Crippen LogP contribution in [0.4, 0.5) is 0 Å². The highest BCUT2D eigenvalue weighted by molar-refractivity contribution is 5.96. The number of carbonyl (C=O) groups is 1. The molecule has 2 rings (SSSR count). The zero-order chi connectivity index (χ0) is 14.4. The predicted molar refractivity (Wildman–Crippen MR) is 74.9 cm³/mol. The Hall–Kier alpha value is -2.91. The van der Waals surface area contributed by atoms with E-state index in [1.807, 2.05) is 12.1 Å². The van der Waals surface area contributed by atoms with Crippen LogP contribution in [0.25, 0.3) is 0 Å². The highest BCUT2D eigenvalue weighted by Crippen LogP contribution is 2.21. The van der Waals surface area contributed by atoms with E-state index < -0.39 is 5.92 Å². The average Bonchev–Trinajstić information content (AvgIpc) is 2.53. The molecule has 1 unspecified atom stereocenters. The van der Waals surface area contributed by atoms with E-state index in [1.54, 1.807) is 48.5 Å². The third kappa shape index (κ3) is 3.10. The van der Waals surface area contributed by atoms with Crippen LogP contribution in [-0.4, -0.2) is 5.78 Å². The molecule has 0 saturated heterocycles. The van der Waals surface area contributed by atoms with Crippen molar-refractivity contribution in [3.63, 3.8) is 0 Å². The number of nitrogens with zero attached hydrogens (tertiary/aromatic N) is 2. The Kier molecular flexibility index (Phi) is 4.27. The second-order valence-electron chi connectivity index (χ2n) is 4.41. The number of hydrogen-bond acceptors (Lipinski definition) is 3. The number of rotatable bonds is 4. The van der Waals surface area contributed by atoms with E-state index in [1.165, 1.54) is 0 Å². The Morgan fingerprint density at radius 1 is 1.00 bits per heavy atom. The van der Waals surface area contributed by atoms with Gasteiger partial charge in [0.2, 0.25) is 0 Å². The Bertz CT molecular complexity index is 676. The van der Waals surface area contributed by atoms with Crippen molar-refractivity contribution in [1.82, 2.24) is 0 Å². The van der Waals surface area contributed by atoms with Crippen molar-refractivity contribution < 1.29 is 4.79 Å². The van der Waals surface area contributed by atoms with Crippen molar-refractivity contribution in [1.29, 1.82) is 10.5 Å². The molecule has 0 bridgehead atoms. The molecular weight excluding hydrogens is 248 g/mol. The summed E-state index contributed by atoms with van der Waals surface area (Å²) in [5, 5.41) is 18.0. The number of carbonyl (C=O) groups excluding carboxylic acids is 1. The van der Waals surface area contributed by atoms with Crippen LogP contribution in [0, 0.1) is 22.7 Å². The first-order chi connectivity index (χ1) is 9.74. The van der Waals surface area contributed by atoms with Crippen molar-refractivity contribution in [2.75, 3.05) is 0 Å². The van der Waals surface area contributed by atoms with E-state index in [9.17, 15) is 10.1 Å². The lowest BCUT2D eigenvalue weighted by atomic mass is 9.92. The number of ketones is 1. The van der Waals surface area contributed by atoms with Crippen molar-refractivity contribution in [2.24, 2.45) is 0 Å². The fraction of sp³-hybridized carbons (Fsp3) is 0.118. The third-order valence-electron chi connectivity index (χ3n) is 3.08. The summed E-state index contributed by atoms with van der Waals surface area (Å²) in [6, 6.07) is 19.9. The second kappa shape index (κ2) is 6.31. The van der Waals surface area contributed by atoms with Gasteiger partial charge in [0.15, 0.2) is 5.78 Å². The number of Topliss-reactive ketones (excluding diaryl/α,β-unsaturated/α-hetero) is 1. The summed E-state index contributed by atoms with van der Waals surface area (Å²) >= 11 is 0. The van der Waals surface area contributed by atoms with Crippen LogP contribution in [-0.2, 0) is 0 Å². The summed E-state index contributed by atoms with van der Waals surface area (Å²) in [5.41, 5.74) is 1.91. The Morgan fingerprint density at radius 2 is 1.65 bits per heavy atom. The molecular formula is C17H12N2O. The normalized spacial score (nSPS) is 11.1. The van der Waals surface area contributed by atoms with Crippen molar-refractivity contribution in [3.8, 4) is 12.1 Å². The average molecular weight is 260 g/mol. The minimum absolute atomic E-state index is 0.0542. The lowest BCUT2D eigenvalue weighted by Gasteiger charge is -2.08. The van der Waals surface area contributed by atoms with Crippen molar-refractivity contribution in [3.05, 3.63) is 71.3 Å². The standard InChI is InChI=1S/C17H12N2O/c18-11-13-6-8-14(9-7-13)16(12-19)10-17(20)15-4-2-1-3-5-15/h1-9,16H,10H2. The van der Waals surface area contributed by atoms with Gasteiger partial charge in [-0.15, -0.1) is 0 Å². The Morgan fingerprint density at radius 3 is 2.20 bits per heavy atom. The summed E-state index contributed by atoms with van der Waals surface area (Å²) in [5.74, 6) is -0.544. The summed E-state index contributed by atoms with van der Waals surface area (Å²) in [7, 11) is 0. The zero-order valence-corrected chi connectivity index (χ0v) is 10.8. The maximum Gasteiger partial charge on any atom is 0.164 e. The van der Waals surface area contributed by atoms with E-state index in [0.717, 1.165) is 5.56 Å². The van der Waals surface area contributed by atoms with Gasteiger partial charge in [-0.1, -0.05) is 42.5 Å². The molecule has 2 aromatic rings. The molecule has 0 amide bonds. The van der Waals surface area contributed by atoms with Gasteiger partial charge in [0.05, 0.1) is 23.6 Å². The van der Waals surface area contributed by atoms with Gasteiger partial charge in [-0.05, 0) is 17.7 Å². The van der Waals surface area contributed by atoms with E-state index in [2.05, 4.69) is 6.07 Å². The van der Waals surface area contributed by atoms with Gasteiger partial charge >= 0.3 is 0 Å². The Labute approximate surface area is 117 Å². The largest absolute Gasteiger partial charge is 0.294 e. The molecule has 3 heteroatoms. The molecule has 96 valence electrons. The molecule has 0 aromatic heterocycles. The quantitative estimate of drug-likeness (QED) is 0.791. The fourth-order valence-corrected chi connectivity index (χ4v) is 1.96. The van der Waals surface area contributed by atoms with Crippen LogP contribution < -0.4 is 0 Å². The van der Waals surface area contributed by atoms with Crippen LogP contribution in [0.15, 0.2) is 54.6 Å². The van der Waals surface area contributed by atoms with Gasteiger partial charge < -0.3 is 0 Å². The number of benzene rings is 2. The van der Waals surface area contributed by atoms with E-state index in [0.29, 0.717) is 11.1 Å². The van der Waals surface area contributed by atoms with E-state index >= 15 is 0 Å². The highest BCUT2D eigenvalue weighted by Gasteiger charge is 2.16. The Balaban J connectivity index is 2.15. The van der Waals surface area contributed by atoms with Crippen LogP contribution in [0.2, 0.25) is 0 Å². The minimum Gasteiger partial charge on any atom is -0.294 e. The molecule has 0 aliphatic carbocycles. The van der Waals surface area contributed by atoms with Gasteiger partial charge in [-0.25, -0.2) is 0 Å². The van der Waals surface area contributed by atoms with Crippen LogP contribution in [0.5, 0.6) is 0 Å². The van der Waals surface area contributed by atoms with Crippen molar-refractivity contribution in [2.45, 2.75) is 12.3 Å². The molecule has 0 heterocycles. The lowest BCUT2D eigenvalue weighted by molar-refractivity contribution is 0.0979. The molecule has 0 radical (unpaired) electrons. The molecule has 0 aliphatic rings. The molecule has 3 nitrogen and oxygen atoms in total. The molecule has 0 saturated carbocycles. The maximum absolute atomic E-state index is 12.1. The molecule has 0 spiro atoms. The van der Waals surface area contributed by atoms with Gasteiger partial charge in [-0.3, -0.25) is 4.79 Å². The fourth-order valence-electron chi connectivity index (χ4n) is 1.96. The second-order valence-corrected chi connectivity index (χ2v) is 4.41. The van der Waals surface area contributed by atoms with E-state index in [-0.39, 0.29) is 12.2 Å². The molecule has 1 atom stereocenters. The first-order valence-electron chi connectivity index (χ1n) is 6.22. The number of nitriles is 2. The molecule has 20 heavy (non-hydrogen) atoms. The van der Waals surface area contributed by atoms with Gasteiger partial charge in [-0.2, -0.15) is 10.5 Å². The van der Waals surface area contributed by atoms with Gasteiger partial charge in [0, 0.05) is 12.0 Å². The maximum atomic E-state index is 12.1. The zero-order valence-electron chi connectivity index (χ0n) is 10.8. The summed E-state index contributed by atoms with van der Waals surface area (Å²) in [6.07, 6.45) is 0.145. The highest BCUT2D eigenvalue weighted by atomic mass is 16.1.